The van der Waals surface area contributed by atoms with Crippen molar-refractivity contribution in [1.29, 1.82) is 5.26 Å². The first-order chi connectivity index (χ1) is 12.4. The number of nitrogens with one attached hydrogen (secondary N) is 1. The van der Waals surface area contributed by atoms with Crippen molar-refractivity contribution < 1.29 is 23.8 Å². The van der Waals surface area contributed by atoms with Crippen LogP contribution in [0.3, 0.4) is 0 Å². The molecule has 2 rings (SSSR count). The standard InChI is InChI=1S/C17H11BrFN3O4/c18-12-2-4-15(26-9-16(23)24)11(6-12)8-21-22-17(25)13-3-1-10(7-20)5-14(13)19/h1-6,8H,9H2,(H,22,25)(H,23,24)/b21-8-. The number of aliphatic carboxylic acids is 1. The van der Waals surface area contributed by atoms with Crippen LogP contribution in [0.4, 0.5) is 4.39 Å². The summed E-state index contributed by atoms with van der Waals surface area (Å²) in [5.41, 5.74) is 2.39. The van der Waals surface area contributed by atoms with Crippen molar-refractivity contribution in [3.8, 4) is 11.8 Å². The molecule has 9 heteroatoms. The van der Waals surface area contributed by atoms with Crippen LogP contribution in [0.1, 0.15) is 21.5 Å². The van der Waals surface area contributed by atoms with Gasteiger partial charge >= 0.3 is 5.97 Å². The van der Waals surface area contributed by atoms with Gasteiger partial charge in [0.2, 0.25) is 0 Å². The second-order valence-corrected chi connectivity index (χ2v) is 5.79. The molecule has 0 aliphatic heterocycles. The molecule has 26 heavy (non-hydrogen) atoms. The molecular formula is C17H11BrFN3O4. The van der Waals surface area contributed by atoms with E-state index in [1.807, 2.05) is 0 Å². The van der Waals surface area contributed by atoms with Crippen molar-refractivity contribution in [1.82, 2.24) is 5.43 Å². The number of amides is 1. The molecule has 2 aromatic carbocycles. The minimum Gasteiger partial charge on any atom is -0.481 e. The van der Waals surface area contributed by atoms with E-state index < -0.39 is 24.3 Å². The molecule has 0 saturated heterocycles. The molecule has 0 saturated carbocycles. The van der Waals surface area contributed by atoms with Crippen LogP contribution in [0, 0.1) is 17.1 Å². The topological polar surface area (TPSA) is 112 Å². The Morgan fingerprint density at radius 3 is 2.77 bits per heavy atom. The highest BCUT2D eigenvalue weighted by molar-refractivity contribution is 9.10. The van der Waals surface area contributed by atoms with E-state index in [0.717, 1.165) is 6.07 Å². The first-order valence-electron chi connectivity index (χ1n) is 7.08. The number of hydrogen-bond donors (Lipinski definition) is 2. The average Bonchev–Trinajstić information content (AvgIpc) is 2.60. The fourth-order valence-electron chi connectivity index (χ4n) is 1.88. The Balaban J connectivity index is 2.12. The quantitative estimate of drug-likeness (QED) is 0.552. The zero-order chi connectivity index (χ0) is 19.1. The summed E-state index contributed by atoms with van der Waals surface area (Å²) in [6, 6.07) is 10.0. The summed E-state index contributed by atoms with van der Waals surface area (Å²) >= 11 is 3.26. The van der Waals surface area contributed by atoms with Crippen molar-refractivity contribution in [3.63, 3.8) is 0 Å². The number of hydrogen-bond acceptors (Lipinski definition) is 5. The molecular weight excluding hydrogens is 409 g/mol. The Hall–Kier alpha value is -3.25. The lowest BCUT2D eigenvalue weighted by atomic mass is 10.1. The van der Waals surface area contributed by atoms with Crippen molar-refractivity contribution in [2.75, 3.05) is 6.61 Å². The molecule has 132 valence electrons. The van der Waals surface area contributed by atoms with Gasteiger partial charge in [0, 0.05) is 10.0 Å². The van der Waals surface area contributed by atoms with Crippen LogP contribution in [0.15, 0.2) is 46.0 Å². The molecule has 0 aliphatic carbocycles. The lowest BCUT2D eigenvalue weighted by Crippen LogP contribution is -2.19. The Labute approximate surface area is 155 Å². The number of halogens is 2. The average molecular weight is 420 g/mol. The lowest BCUT2D eigenvalue weighted by molar-refractivity contribution is -0.139. The molecule has 0 bridgehead atoms. The van der Waals surface area contributed by atoms with Crippen molar-refractivity contribution >= 4 is 34.0 Å². The Morgan fingerprint density at radius 1 is 1.35 bits per heavy atom. The van der Waals surface area contributed by atoms with E-state index in [1.54, 1.807) is 18.2 Å². The lowest BCUT2D eigenvalue weighted by Gasteiger charge is -2.07. The van der Waals surface area contributed by atoms with Gasteiger partial charge in [0.15, 0.2) is 6.61 Å². The Bertz CT molecular complexity index is 925. The van der Waals surface area contributed by atoms with Gasteiger partial charge in [0.05, 0.1) is 23.4 Å². The molecule has 0 heterocycles. The van der Waals surface area contributed by atoms with Crippen LogP contribution in [-0.2, 0) is 4.79 Å². The summed E-state index contributed by atoms with van der Waals surface area (Å²) < 4.78 is 19.6. The SMILES string of the molecule is N#Cc1ccc(C(=O)N/N=C\c2cc(Br)ccc2OCC(=O)O)c(F)c1. The number of carboxylic acid groups (broad SMARTS) is 1. The van der Waals surface area contributed by atoms with Crippen molar-refractivity contribution in [2.45, 2.75) is 0 Å². The fraction of sp³-hybridized carbons (Fsp3) is 0.0588. The van der Waals surface area contributed by atoms with Gasteiger partial charge < -0.3 is 9.84 Å². The highest BCUT2D eigenvalue weighted by atomic mass is 79.9. The molecule has 0 aliphatic rings. The van der Waals surface area contributed by atoms with Gasteiger partial charge in [-0.2, -0.15) is 10.4 Å². The van der Waals surface area contributed by atoms with Crippen LogP contribution in [0.2, 0.25) is 0 Å². The summed E-state index contributed by atoms with van der Waals surface area (Å²) in [5.74, 6) is -2.53. The van der Waals surface area contributed by atoms with Crippen molar-refractivity contribution in [2.24, 2.45) is 5.10 Å². The summed E-state index contributed by atoms with van der Waals surface area (Å²) in [7, 11) is 0. The normalized spacial score (nSPS) is 10.3. The molecule has 0 radical (unpaired) electrons. The highest BCUT2D eigenvalue weighted by Crippen LogP contribution is 2.21. The minimum absolute atomic E-state index is 0.0944. The third kappa shape index (κ3) is 5.12. The Kier molecular flexibility index (Phi) is 6.41. The maximum atomic E-state index is 13.8. The van der Waals surface area contributed by atoms with E-state index in [4.69, 9.17) is 15.1 Å². The predicted molar refractivity (Wildman–Crippen MR) is 93.4 cm³/mol. The van der Waals surface area contributed by atoms with E-state index in [1.165, 1.54) is 24.4 Å². The molecule has 7 nitrogen and oxygen atoms in total. The smallest absolute Gasteiger partial charge is 0.341 e. The molecule has 2 N–H and O–H groups in total. The number of carboxylic acids is 1. The van der Waals surface area contributed by atoms with Crippen molar-refractivity contribution in [3.05, 3.63) is 63.4 Å². The summed E-state index contributed by atoms with van der Waals surface area (Å²) in [6.45, 7) is -0.536. The summed E-state index contributed by atoms with van der Waals surface area (Å²) in [6.07, 6.45) is 1.24. The summed E-state index contributed by atoms with van der Waals surface area (Å²) in [5, 5.41) is 21.1. The van der Waals surface area contributed by atoms with Crippen LogP contribution < -0.4 is 10.2 Å². The Morgan fingerprint density at radius 2 is 2.12 bits per heavy atom. The number of carbonyl (C=O) groups excluding carboxylic acids is 1. The molecule has 0 aromatic heterocycles. The van der Waals surface area contributed by atoms with Crippen LogP contribution >= 0.6 is 15.9 Å². The van der Waals surface area contributed by atoms with E-state index in [-0.39, 0.29) is 16.9 Å². The molecule has 1 amide bonds. The highest BCUT2D eigenvalue weighted by Gasteiger charge is 2.12. The van der Waals surface area contributed by atoms with Gasteiger partial charge in [-0.1, -0.05) is 15.9 Å². The van der Waals surface area contributed by atoms with Gasteiger partial charge in [0.1, 0.15) is 11.6 Å². The largest absolute Gasteiger partial charge is 0.481 e. The molecule has 0 atom stereocenters. The van der Waals surface area contributed by atoms with Gasteiger partial charge in [0.25, 0.3) is 5.91 Å². The first kappa shape index (κ1) is 19.1. The van der Waals surface area contributed by atoms with Gasteiger partial charge in [-0.3, -0.25) is 4.79 Å². The molecule has 2 aromatic rings. The van der Waals surface area contributed by atoms with Crippen LogP contribution in [-0.4, -0.2) is 29.8 Å². The number of benzene rings is 2. The number of hydrazone groups is 1. The minimum atomic E-state index is -1.14. The van der Waals surface area contributed by atoms with E-state index in [9.17, 15) is 14.0 Å². The zero-order valence-electron chi connectivity index (χ0n) is 13.1. The van der Waals surface area contributed by atoms with E-state index in [2.05, 4.69) is 26.5 Å². The second kappa shape index (κ2) is 8.73. The number of rotatable bonds is 6. The first-order valence-corrected chi connectivity index (χ1v) is 7.87. The van der Waals surface area contributed by atoms with Gasteiger partial charge in [-0.05, 0) is 36.4 Å². The van der Waals surface area contributed by atoms with Gasteiger partial charge in [-0.25, -0.2) is 14.6 Å². The maximum Gasteiger partial charge on any atom is 0.341 e. The maximum absolute atomic E-state index is 13.8. The molecule has 0 spiro atoms. The van der Waals surface area contributed by atoms with E-state index >= 15 is 0 Å². The third-order valence-corrected chi connectivity index (χ3v) is 3.53. The number of carbonyl (C=O) groups is 2. The van der Waals surface area contributed by atoms with Crippen LogP contribution in [0.25, 0.3) is 0 Å². The number of ether oxygens (including phenoxy) is 1. The monoisotopic (exact) mass is 419 g/mol. The van der Waals surface area contributed by atoms with Crippen LogP contribution in [0.5, 0.6) is 5.75 Å². The second-order valence-electron chi connectivity index (χ2n) is 4.87. The number of nitrogens with zero attached hydrogens (tertiary/aromatic N) is 2. The molecule has 0 unspecified atom stereocenters. The molecule has 0 fully saturated rings. The zero-order valence-corrected chi connectivity index (χ0v) is 14.7. The van der Waals surface area contributed by atoms with E-state index in [0.29, 0.717) is 10.0 Å². The summed E-state index contributed by atoms with van der Waals surface area (Å²) in [4.78, 5) is 22.6. The van der Waals surface area contributed by atoms with Gasteiger partial charge in [-0.15, -0.1) is 0 Å². The number of nitriles is 1. The predicted octanol–water partition coefficient (Wildman–Crippen LogP) is 2.69. The third-order valence-electron chi connectivity index (χ3n) is 3.04. The fourth-order valence-corrected chi connectivity index (χ4v) is 2.26.